The summed E-state index contributed by atoms with van der Waals surface area (Å²) in [6, 6.07) is 2.19. The van der Waals surface area contributed by atoms with Crippen molar-refractivity contribution < 1.29 is 9.18 Å². The molecule has 4 atom stereocenters. The molecule has 3 aliphatic rings. The van der Waals surface area contributed by atoms with Gasteiger partial charge in [-0.05, 0) is 25.3 Å². The van der Waals surface area contributed by atoms with Gasteiger partial charge >= 0.3 is 0 Å². The molecule has 2 unspecified atom stereocenters. The van der Waals surface area contributed by atoms with Gasteiger partial charge in [-0.2, -0.15) is 10.1 Å². The minimum atomic E-state index is -0.932. The molecular formula is C18H22FN7O. The molecule has 0 aromatic carbocycles. The summed E-state index contributed by atoms with van der Waals surface area (Å²) >= 11 is 0. The normalized spacial score (nSPS) is 29.1. The van der Waals surface area contributed by atoms with Crippen molar-refractivity contribution in [3.63, 3.8) is 0 Å². The molecule has 2 saturated heterocycles. The van der Waals surface area contributed by atoms with Crippen LogP contribution in [0.2, 0.25) is 0 Å². The molecule has 5 rings (SSSR count). The molecule has 27 heavy (non-hydrogen) atoms. The standard InChI is InChI=1S/C18H22FN7O/c1-24-8-11(7-21-24)22-18-20-5-4-16(23-18)25-9-12-2-3-13(10-25)26(12)17(27)14-6-15(14)19/h4-5,7-8,12-15H,2-3,6,9-10H2,1H3,(H,20,22,23)/t12-,13?,14-,15?/m0/s1. The van der Waals surface area contributed by atoms with Crippen LogP contribution in [0.25, 0.3) is 0 Å². The zero-order valence-electron chi connectivity index (χ0n) is 15.1. The third-order valence-electron chi connectivity index (χ3n) is 5.69. The first kappa shape index (κ1) is 16.5. The van der Waals surface area contributed by atoms with Crippen LogP contribution in [0.1, 0.15) is 19.3 Å². The molecule has 9 heteroatoms. The predicted molar refractivity (Wildman–Crippen MR) is 97.4 cm³/mol. The number of nitrogens with zero attached hydrogens (tertiary/aromatic N) is 6. The van der Waals surface area contributed by atoms with Crippen LogP contribution >= 0.6 is 0 Å². The maximum atomic E-state index is 13.3. The van der Waals surface area contributed by atoms with Crippen LogP contribution in [-0.4, -0.2) is 61.9 Å². The summed E-state index contributed by atoms with van der Waals surface area (Å²) < 4.78 is 15.0. The van der Waals surface area contributed by atoms with Crippen LogP contribution in [-0.2, 0) is 11.8 Å². The second-order valence-corrected chi connectivity index (χ2v) is 7.66. The van der Waals surface area contributed by atoms with Crippen LogP contribution in [0, 0.1) is 5.92 Å². The topological polar surface area (TPSA) is 79.2 Å². The van der Waals surface area contributed by atoms with Crippen molar-refractivity contribution in [3.8, 4) is 0 Å². The minimum absolute atomic E-state index is 0.0104. The number of carbonyl (C=O) groups is 1. The second-order valence-electron chi connectivity index (χ2n) is 7.66. The van der Waals surface area contributed by atoms with Gasteiger partial charge in [0.1, 0.15) is 12.0 Å². The number of piperazine rings is 1. The third kappa shape index (κ3) is 3.00. The first-order valence-electron chi connectivity index (χ1n) is 9.38. The van der Waals surface area contributed by atoms with E-state index in [4.69, 9.17) is 0 Å². The predicted octanol–water partition coefficient (Wildman–Crippen LogP) is 1.49. The lowest BCUT2D eigenvalue weighted by atomic mass is 10.1. The molecule has 1 saturated carbocycles. The van der Waals surface area contributed by atoms with E-state index in [0.29, 0.717) is 12.4 Å². The van der Waals surface area contributed by atoms with E-state index in [9.17, 15) is 9.18 Å². The Morgan fingerprint density at radius 3 is 2.67 bits per heavy atom. The number of alkyl halides is 1. The van der Waals surface area contributed by atoms with Crippen molar-refractivity contribution in [2.24, 2.45) is 13.0 Å². The molecule has 0 radical (unpaired) electrons. The van der Waals surface area contributed by atoms with Gasteiger partial charge in [0, 0.05) is 44.6 Å². The summed E-state index contributed by atoms with van der Waals surface area (Å²) in [4.78, 5) is 25.6. The van der Waals surface area contributed by atoms with Gasteiger partial charge in [0.25, 0.3) is 0 Å². The Kier molecular flexibility index (Phi) is 3.76. The summed E-state index contributed by atoms with van der Waals surface area (Å²) in [6.07, 6.45) is 6.72. The average molecular weight is 371 g/mol. The maximum absolute atomic E-state index is 13.3. The fraction of sp³-hybridized carbons (Fsp3) is 0.556. The van der Waals surface area contributed by atoms with E-state index in [1.54, 1.807) is 17.1 Å². The second kappa shape index (κ2) is 6.17. The molecule has 3 fully saturated rings. The minimum Gasteiger partial charge on any atom is -0.352 e. The molecule has 8 nitrogen and oxygen atoms in total. The van der Waals surface area contributed by atoms with Gasteiger partial charge in [-0.3, -0.25) is 9.48 Å². The number of hydrogen-bond donors (Lipinski definition) is 1. The average Bonchev–Trinajstić information content (AvgIpc) is 3.16. The van der Waals surface area contributed by atoms with E-state index in [1.807, 2.05) is 24.2 Å². The number of anilines is 3. The van der Waals surface area contributed by atoms with E-state index in [2.05, 4.69) is 25.3 Å². The third-order valence-corrected chi connectivity index (χ3v) is 5.69. The Morgan fingerprint density at radius 2 is 2.04 bits per heavy atom. The Morgan fingerprint density at radius 1 is 1.30 bits per heavy atom. The van der Waals surface area contributed by atoms with Gasteiger partial charge in [0.15, 0.2) is 0 Å². The van der Waals surface area contributed by atoms with Crippen LogP contribution in [0.5, 0.6) is 0 Å². The molecule has 1 aliphatic carbocycles. The Bertz CT molecular complexity index is 857. The van der Waals surface area contributed by atoms with E-state index < -0.39 is 12.1 Å². The van der Waals surface area contributed by atoms with Crippen molar-refractivity contribution in [2.75, 3.05) is 23.3 Å². The van der Waals surface area contributed by atoms with Crippen molar-refractivity contribution in [1.82, 2.24) is 24.6 Å². The van der Waals surface area contributed by atoms with Gasteiger partial charge in [0.2, 0.25) is 11.9 Å². The summed E-state index contributed by atoms with van der Waals surface area (Å²) in [5, 5.41) is 7.29. The van der Waals surface area contributed by atoms with E-state index in [1.165, 1.54) is 0 Å². The Balaban J connectivity index is 1.30. The van der Waals surface area contributed by atoms with Crippen LogP contribution < -0.4 is 10.2 Å². The molecule has 2 aromatic rings. The molecule has 2 aromatic heterocycles. The first-order chi connectivity index (χ1) is 13.1. The largest absolute Gasteiger partial charge is 0.352 e. The van der Waals surface area contributed by atoms with E-state index in [0.717, 1.165) is 37.4 Å². The van der Waals surface area contributed by atoms with E-state index >= 15 is 0 Å². The molecular weight excluding hydrogens is 349 g/mol. The number of halogens is 1. The first-order valence-corrected chi connectivity index (χ1v) is 9.38. The van der Waals surface area contributed by atoms with Gasteiger partial charge in [-0.25, -0.2) is 9.37 Å². The van der Waals surface area contributed by atoms with E-state index in [-0.39, 0.29) is 18.0 Å². The summed E-state index contributed by atoms with van der Waals surface area (Å²) in [5.41, 5.74) is 0.829. The maximum Gasteiger partial charge on any atom is 0.229 e. The van der Waals surface area contributed by atoms with Gasteiger partial charge in [-0.1, -0.05) is 0 Å². The molecule has 142 valence electrons. The molecule has 2 aliphatic heterocycles. The number of nitrogens with one attached hydrogen (secondary N) is 1. The Labute approximate surface area is 156 Å². The van der Waals surface area contributed by atoms with Crippen molar-refractivity contribution >= 4 is 23.4 Å². The van der Waals surface area contributed by atoms with Crippen LogP contribution in [0.15, 0.2) is 24.7 Å². The van der Waals surface area contributed by atoms with Gasteiger partial charge < -0.3 is 15.1 Å². The zero-order chi connectivity index (χ0) is 18.5. The monoisotopic (exact) mass is 371 g/mol. The lowest BCUT2D eigenvalue weighted by molar-refractivity contribution is -0.136. The zero-order valence-corrected chi connectivity index (χ0v) is 15.1. The highest BCUT2D eigenvalue weighted by molar-refractivity contribution is 5.83. The fourth-order valence-electron chi connectivity index (χ4n) is 4.26. The smallest absolute Gasteiger partial charge is 0.229 e. The number of aryl methyl sites for hydroxylation is 1. The van der Waals surface area contributed by atoms with Crippen LogP contribution in [0.4, 0.5) is 21.8 Å². The van der Waals surface area contributed by atoms with Gasteiger partial charge in [-0.15, -0.1) is 0 Å². The number of hydrogen-bond acceptors (Lipinski definition) is 6. The number of rotatable bonds is 4. The quantitative estimate of drug-likeness (QED) is 0.877. The molecule has 0 spiro atoms. The highest BCUT2D eigenvalue weighted by atomic mass is 19.1. The van der Waals surface area contributed by atoms with Crippen molar-refractivity contribution in [1.29, 1.82) is 0 Å². The SMILES string of the molecule is Cn1cc(Nc2nccc(N3CC4CC[C@@H](C3)N4C(=O)[C@H]3CC3F)n2)cn1. The molecule has 1 N–H and O–H groups in total. The lowest BCUT2D eigenvalue weighted by Gasteiger charge is -2.41. The van der Waals surface area contributed by atoms with Crippen molar-refractivity contribution in [3.05, 3.63) is 24.7 Å². The lowest BCUT2D eigenvalue weighted by Crippen LogP contribution is -2.56. The molecule has 4 heterocycles. The number of fused-ring (bicyclic) bond motifs is 2. The summed E-state index contributed by atoms with van der Waals surface area (Å²) in [6.45, 7) is 1.46. The molecule has 2 bridgehead atoms. The highest BCUT2D eigenvalue weighted by Gasteiger charge is 2.51. The van der Waals surface area contributed by atoms with Gasteiger partial charge in [0.05, 0.1) is 17.8 Å². The highest BCUT2D eigenvalue weighted by Crippen LogP contribution is 2.40. The summed E-state index contributed by atoms with van der Waals surface area (Å²) in [5.74, 6) is 0.977. The number of carbonyl (C=O) groups excluding carboxylic acids is 1. The summed E-state index contributed by atoms with van der Waals surface area (Å²) in [7, 11) is 1.85. The number of amides is 1. The number of aromatic nitrogens is 4. The Hall–Kier alpha value is -2.71. The fourth-order valence-corrected chi connectivity index (χ4v) is 4.26. The molecule has 1 amide bonds. The van der Waals surface area contributed by atoms with Crippen molar-refractivity contribution in [2.45, 2.75) is 37.5 Å². The van der Waals surface area contributed by atoms with Crippen LogP contribution in [0.3, 0.4) is 0 Å².